The summed E-state index contributed by atoms with van der Waals surface area (Å²) in [5.74, 6) is 0. The summed E-state index contributed by atoms with van der Waals surface area (Å²) < 4.78 is 26.6. The molecule has 0 unspecified atom stereocenters. The third-order valence-corrected chi connectivity index (χ3v) is 5.41. The van der Waals surface area contributed by atoms with Gasteiger partial charge in [-0.1, -0.05) is 23.2 Å². The first-order chi connectivity index (χ1) is 10.8. The van der Waals surface area contributed by atoms with E-state index in [1.165, 1.54) is 30.3 Å². The smallest absolute Gasteiger partial charge is 0.267 e. The van der Waals surface area contributed by atoms with Crippen molar-refractivity contribution in [2.24, 2.45) is 0 Å². The van der Waals surface area contributed by atoms with Crippen LogP contribution >= 0.6 is 23.2 Å². The molecule has 0 N–H and O–H groups in total. The number of non-ortho nitro benzene ring substituents is 1. The summed E-state index contributed by atoms with van der Waals surface area (Å²) in [6.07, 6.45) is 0. The second-order valence-electron chi connectivity index (χ2n) is 4.55. The molecule has 0 bridgehead atoms. The van der Waals surface area contributed by atoms with Gasteiger partial charge in [0.1, 0.15) is 0 Å². The van der Waals surface area contributed by atoms with Gasteiger partial charge in [0, 0.05) is 28.7 Å². The van der Waals surface area contributed by atoms with Crippen molar-refractivity contribution in [1.29, 1.82) is 0 Å². The molecule has 0 aliphatic heterocycles. The van der Waals surface area contributed by atoms with E-state index in [9.17, 15) is 18.5 Å². The topological polar surface area (TPSA) is 80.5 Å². The van der Waals surface area contributed by atoms with E-state index in [0.29, 0.717) is 15.7 Å². The molecule has 9 heteroatoms. The van der Waals surface area contributed by atoms with Gasteiger partial charge < -0.3 is 0 Å². The monoisotopic (exact) mass is 374 g/mol. The lowest BCUT2D eigenvalue weighted by molar-refractivity contribution is -0.384. The molecule has 0 saturated heterocycles. The van der Waals surface area contributed by atoms with Crippen LogP contribution < -0.4 is 4.31 Å². The second-order valence-corrected chi connectivity index (χ2v) is 7.28. The molecule has 6 nitrogen and oxygen atoms in total. The van der Waals surface area contributed by atoms with E-state index in [2.05, 4.69) is 0 Å². The zero-order valence-electron chi connectivity index (χ0n) is 11.9. The van der Waals surface area contributed by atoms with Gasteiger partial charge in [-0.05, 0) is 37.3 Å². The predicted octanol–water partition coefficient (Wildman–Crippen LogP) is 4.12. The van der Waals surface area contributed by atoms with Gasteiger partial charge in [-0.15, -0.1) is 0 Å². The van der Waals surface area contributed by atoms with Gasteiger partial charge >= 0.3 is 0 Å². The van der Waals surface area contributed by atoms with Crippen molar-refractivity contribution in [2.75, 3.05) is 10.8 Å². The van der Waals surface area contributed by atoms with Gasteiger partial charge in [-0.3, -0.25) is 14.4 Å². The van der Waals surface area contributed by atoms with Crippen LogP contribution in [0.3, 0.4) is 0 Å². The van der Waals surface area contributed by atoms with Crippen LogP contribution in [-0.2, 0) is 10.0 Å². The standard InChI is InChI=1S/C14H12Cl2N2O4S/c1-2-17(13-8-10(15)7-11(16)9-13)23(21,22)14-5-3-12(4-6-14)18(19)20/h3-9H,2H2,1H3. The van der Waals surface area contributed by atoms with Crippen molar-refractivity contribution in [3.05, 3.63) is 62.6 Å². The van der Waals surface area contributed by atoms with Crippen LogP contribution in [-0.4, -0.2) is 19.9 Å². The number of hydrogen-bond donors (Lipinski definition) is 0. The highest BCUT2D eigenvalue weighted by molar-refractivity contribution is 7.92. The van der Waals surface area contributed by atoms with Crippen LogP contribution in [0.2, 0.25) is 10.0 Å². The first kappa shape index (κ1) is 17.5. The fraction of sp³-hybridized carbons (Fsp3) is 0.143. The van der Waals surface area contributed by atoms with Gasteiger partial charge in [0.25, 0.3) is 15.7 Å². The minimum Gasteiger partial charge on any atom is -0.267 e. The van der Waals surface area contributed by atoms with E-state index in [-0.39, 0.29) is 17.1 Å². The molecule has 0 heterocycles. The summed E-state index contributed by atoms with van der Waals surface area (Å²) in [5.41, 5.74) is 0.140. The molecule has 0 amide bonds. The molecule has 0 aromatic heterocycles. The van der Waals surface area contributed by atoms with Crippen molar-refractivity contribution < 1.29 is 13.3 Å². The zero-order chi connectivity index (χ0) is 17.2. The molecule has 0 spiro atoms. The Morgan fingerprint density at radius 3 is 2.04 bits per heavy atom. The molecule has 0 radical (unpaired) electrons. The van der Waals surface area contributed by atoms with Crippen LogP contribution in [0.5, 0.6) is 0 Å². The summed E-state index contributed by atoms with van der Waals surface area (Å²) in [6, 6.07) is 9.15. The molecular weight excluding hydrogens is 363 g/mol. The molecule has 0 aliphatic rings. The minimum atomic E-state index is -3.89. The highest BCUT2D eigenvalue weighted by Crippen LogP contribution is 2.29. The summed E-state index contributed by atoms with van der Waals surface area (Å²) in [6.45, 7) is 1.81. The lowest BCUT2D eigenvalue weighted by Crippen LogP contribution is -2.30. The first-order valence-corrected chi connectivity index (χ1v) is 8.68. The zero-order valence-corrected chi connectivity index (χ0v) is 14.3. The second kappa shape index (κ2) is 6.74. The highest BCUT2D eigenvalue weighted by Gasteiger charge is 2.24. The average Bonchev–Trinajstić information content (AvgIpc) is 2.46. The average molecular weight is 375 g/mol. The predicted molar refractivity (Wildman–Crippen MR) is 89.8 cm³/mol. The van der Waals surface area contributed by atoms with Crippen LogP contribution in [0.15, 0.2) is 47.4 Å². The Kier molecular flexibility index (Phi) is 5.13. The number of nitro benzene ring substituents is 1. The molecule has 0 atom stereocenters. The lowest BCUT2D eigenvalue weighted by atomic mass is 10.3. The van der Waals surface area contributed by atoms with Crippen LogP contribution in [0.4, 0.5) is 11.4 Å². The van der Waals surface area contributed by atoms with Crippen molar-refractivity contribution in [3.8, 4) is 0 Å². The molecule has 122 valence electrons. The number of rotatable bonds is 5. The molecular formula is C14H12Cl2N2O4S. The van der Waals surface area contributed by atoms with E-state index in [1.54, 1.807) is 6.92 Å². The van der Waals surface area contributed by atoms with Gasteiger partial charge in [0.15, 0.2) is 0 Å². The number of nitrogens with zero attached hydrogens (tertiary/aromatic N) is 2. The van der Waals surface area contributed by atoms with Crippen molar-refractivity contribution >= 4 is 44.6 Å². The van der Waals surface area contributed by atoms with Crippen molar-refractivity contribution in [1.82, 2.24) is 0 Å². The molecule has 0 saturated carbocycles. The summed E-state index contributed by atoms with van der Waals surface area (Å²) in [4.78, 5) is 10.0. The lowest BCUT2D eigenvalue weighted by Gasteiger charge is -2.23. The number of hydrogen-bond acceptors (Lipinski definition) is 4. The Hall–Kier alpha value is -1.83. The molecule has 0 fully saturated rings. The Morgan fingerprint density at radius 2 is 1.61 bits per heavy atom. The fourth-order valence-corrected chi connectivity index (χ4v) is 4.01. The minimum absolute atomic E-state index is 0.0546. The number of halogens is 2. The molecule has 2 rings (SSSR count). The number of sulfonamides is 1. The molecule has 2 aromatic rings. The maximum atomic E-state index is 12.7. The Balaban J connectivity index is 2.48. The Labute approximate surface area is 143 Å². The molecule has 2 aromatic carbocycles. The number of benzene rings is 2. The van der Waals surface area contributed by atoms with Crippen molar-refractivity contribution in [3.63, 3.8) is 0 Å². The van der Waals surface area contributed by atoms with Gasteiger partial charge in [0.2, 0.25) is 0 Å². The largest absolute Gasteiger partial charge is 0.269 e. The SMILES string of the molecule is CCN(c1cc(Cl)cc(Cl)c1)S(=O)(=O)c1ccc([N+](=O)[O-])cc1. The summed E-state index contributed by atoms with van der Waals surface area (Å²) >= 11 is 11.8. The molecule has 0 aliphatic carbocycles. The van der Waals surface area contributed by atoms with Gasteiger partial charge in [-0.25, -0.2) is 8.42 Å². The molecule has 23 heavy (non-hydrogen) atoms. The van der Waals surface area contributed by atoms with Gasteiger partial charge in [0.05, 0.1) is 15.5 Å². The highest BCUT2D eigenvalue weighted by atomic mass is 35.5. The normalized spacial score (nSPS) is 11.3. The Morgan fingerprint density at radius 1 is 1.09 bits per heavy atom. The van der Waals surface area contributed by atoms with Crippen LogP contribution in [0.1, 0.15) is 6.92 Å². The number of anilines is 1. The maximum Gasteiger partial charge on any atom is 0.269 e. The number of nitro groups is 1. The van der Waals surface area contributed by atoms with Crippen LogP contribution in [0.25, 0.3) is 0 Å². The van der Waals surface area contributed by atoms with Gasteiger partial charge in [-0.2, -0.15) is 0 Å². The third kappa shape index (κ3) is 3.74. The fourth-order valence-electron chi connectivity index (χ4n) is 2.04. The summed E-state index contributed by atoms with van der Waals surface area (Å²) in [5, 5.41) is 11.3. The van der Waals surface area contributed by atoms with E-state index in [4.69, 9.17) is 23.2 Å². The van der Waals surface area contributed by atoms with E-state index in [0.717, 1.165) is 16.4 Å². The van der Waals surface area contributed by atoms with E-state index < -0.39 is 14.9 Å². The quantitative estimate of drug-likeness (QED) is 0.582. The third-order valence-electron chi connectivity index (χ3n) is 3.06. The first-order valence-electron chi connectivity index (χ1n) is 6.49. The summed E-state index contributed by atoms with van der Waals surface area (Å²) in [7, 11) is -3.89. The Bertz CT molecular complexity index is 818. The van der Waals surface area contributed by atoms with Crippen LogP contribution in [0, 0.1) is 10.1 Å². The van der Waals surface area contributed by atoms with Crippen molar-refractivity contribution in [2.45, 2.75) is 11.8 Å². The van der Waals surface area contributed by atoms with E-state index in [1.807, 2.05) is 0 Å². The van der Waals surface area contributed by atoms with E-state index >= 15 is 0 Å². The maximum absolute atomic E-state index is 12.7.